The highest BCUT2D eigenvalue weighted by Crippen LogP contribution is 2.36. The Morgan fingerprint density at radius 2 is 2.03 bits per heavy atom. The van der Waals surface area contributed by atoms with Gasteiger partial charge in [-0.2, -0.15) is 18.4 Å². The van der Waals surface area contributed by atoms with Gasteiger partial charge in [-0.15, -0.1) is 10.2 Å². The first kappa shape index (κ1) is 23.4. The van der Waals surface area contributed by atoms with Gasteiger partial charge in [-0.3, -0.25) is 9.78 Å². The second-order valence-corrected chi connectivity index (χ2v) is 9.40. The van der Waals surface area contributed by atoms with Crippen LogP contribution in [-0.2, 0) is 24.1 Å². The second-order valence-electron chi connectivity index (χ2n) is 8.96. The van der Waals surface area contributed by atoms with E-state index in [1.165, 1.54) is 0 Å². The van der Waals surface area contributed by atoms with Crippen molar-refractivity contribution < 1.29 is 18.0 Å². The van der Waals surface area contributed by atoms with E-state index < -0.39 is 12.0 Å². The highest BCUT2D eigenvalue weighted by molar-refractivity contribution is 6.31. The molecule has 35 heavy (non-hydrogen) atoms. The summed E-state index contributed by atoms with van der Waals surface area (Å²) in [5, 5.41) is 18.0. The number of fused-ring (bicyclic) bond motifs is 2. The molecule has 8 nitrogen and oxygen atoms in total. The predicted molar refractivity (Wildman–Crippen MR) is 121 cm³/mol. The summed E-state index contributed by atoms with van der Waals surface area (Å²) in [6, 6.07) is 7.56. The number of hydrogen-bond donors (Lipinski definition) is 0. The van der Waals surface area contributed by atoms with Crippen molar-refractivity contribution in [3.63, 3.8) is 0 Å². The normalized spacial score (nSPS) is 20.6. The van der Waals surface area contributed by atoms with Crippen LogP contribution in [0, 0.1) is 23.2 Å². The molecule has 0 bridgehead atoms. The molecule has 1 amide bonds. The fraction of sp³-hybridized carbons (Fsp3) is 0.435. The van der Waals surface area contributed by atoms with Gasteiger partial charge in [0.2, 0.25) is 11.7 Å². The van der Waals surface area contributed by atoms with E-state index in [9.17, 15) is 23.2 Å². The highest BCUT2D eigenvalue weighted by Gasteiger charge is 2.41. The molecule has 0 aliphatic carbocycles. The zero-order chi connectivity index (χ0) is 24.9. The second kappa shape index (κ2) is 8.68. The van der Waals surface area contributed by atoms with Crippen molar-refractivity contribution in [3.05, 3.63) is 46.6 Å². The standard InChI is InChI=1S/C23H21ClF3N7O/c1-13-11-32(20-14(9-28)10-29-18-3-2-15(24)8-17(18)20)5-4-16(13)21(35)33-6-7-34-19(12-33)30-31-22(34)23(25,26)27/h2-3,8,10,13,16H,4-7,11-12H2,1H3/t13-,16+/m1/s1. The monoisotopic (exact) mass is 503 g/mol. The molecule has 1 fully saturated rings. The van der Waals surface area contributed by atoms with Crippen molar-refractivity contribution in [1.29, 1.82) is 5.26 Å². The van der Waals surface area contributed by atoms with Crippen LogP contribution >= 0.6 is 11.6 Å². The van der Waals surface area contributed by atoms with Crippen molar-refractivity contribution in [1.82, 2.24) is 24.6 Å². The quantitative estimate of drug-likeness (QED) is 0.527. The first-order chi connectivity index (χ1) is 16.7. The van der Waals surface area contributed by atoms with E-state index in [4.69, 9.17) is 11.6 Å². The highest BCUT2D eigenvalue weighted by atomic mass is 35.5. The number of hydrogen-bond acceptors (Lipinski definition) is 6. The molecule has 0 unspecified atom stereocenters. The maximum Gasteiger partial charge on any atom is 0.451 e. The number of halogens is 4. The van der Waals surface area contributed by atoms with Gasteiger partial charge in [-0.25, -0.2) is 0 Å². The molecular formula is C23H21ClF3N7O. The largest absolute Gasteiger partial charge is 0.451 e. The number of anilines is 1. The van der Waals surface area contributed by atoms with Gasteiger partial charge in [0.25, 0.3) is 0 Å². The fourth-order valence-corrected chi connectivity index (χ4v) is 5.25. The number of piperidine rings is 1. The summed E-state index contributed by atoms with van der Waals surface area (Å²) in [5.74, 6) is -1.32. The fourth-order valence-electron chi connectivity index (χ4n) is 5.08. The third kappa shape index (κ3) is 4.16. The molecule has 4 heterocycles. The van der Waals surface area contributed by atoms with Crippen molar-refractivity contribution in [2.24, 2.45) is 11.8 Å². The Morgan fingerprint density at radius 1 is 1.23 bits per heavy atom. The van der Waals surface area contributed by atoms with Gasteiger partial charge >= 0.3 is 6.18 Å². The third-order valence-corrected chi connectivity index (χ3v) is 7.01. The number of alkyl halides is 3. The molecule has 0 saturated carbocycles. The minimum atomic E-state index is -4.58. The van der Waals surface area contributed by atoms with Crippen molar-refractivity contribution in [2.75, 3.05) is 24.5 Å². The van der Waals surface area contributed by atoms with Crippen LogP contribution in [0.4, 0.5) is 18.9 Å². The van der Waals surface area contributed by atoms with Crippen LogP contribution in [0.25, 0.3) is 10.9 Å². The maximum absolute atomic E-state index is 13.3. The van der Waals surface area contributed by atoms with E-state index >= 15 is 0 Å². The van der Waals surface area contributed by atoms with Gasteiger partial charge in [0.05, 0.1) is 23.3 Å². The Bertz CT molecular complexity index is 1350. The molecule has 1 aromatic carbocycles. The average Bonchev–Trinajstić information content (AvgIpc) is 3.26. The third-order valence-electron chi connectivity index (χ3n) is 6.78. The number of pyridine rings is 1. The van der Waals surface area contributed by atoms with Crippen molar-refractivity contribution >= 4 is 34.1 Å². The molecule has 1 saturated heterocycles. The summed E-state index contributed by atoms with van der Waals surface area (Å²) < 4.78 is 40.4. The Kier molecular flexibility index (Phi) is 5.79. The van der Waals surface area contributed by atoms with E-state index in [0.29, 0.717) is 30.1 Å². The number of carbonyl (C=O) groups is 1. The predicted octanol–water partition coefficient (Wildman–Crippen LogP) is 3.87. The zero-order valence-corrected chi connectivity index (χ0v) is 19.5. The first-order valence-electron chi connectivity index (χ1n) is 11.2. The van der Waals surface area contributed by atoms with E-state index in [-0.39, 0.29) is 43.2 Å². The van der Waals surface area contributed by atoms with Crippen LogP contribution in [0.15, 0.2) is 24.4 Å². The van der Waals surface area contributed by atoms with Crippen molar-refractivity contribution in [3.8, 4) is 6.07 Å². The van der Waals surface area contributed by atoms with Crippen molar-refractivity contribution in [2.45, 2.75) is 32.6 Å². The Balaban J connectivity index is 1.34. The first-order valence-corrected chi connectivity index (χ1v) is 11.6. The van der Waals surface area contributed by atoms with Crippen LogP contribution < -0.4 is 4.90 Å². The van der Waals surface area contributed by atoms with Crippen LogP contribution in [0.1, 0.15) is 30.6 Å². The molecule has 2 aliphatic heterocycles. The topological polar surface area (TPSA) is 90.9 Å². The number of rotatable bonds is 2. The minimum absolute atomic E-state index is 0.000912. The summed E-state index contributed by atoms with van der Waals surface area (Å²) in [7, 11) is 0. The van der Waals surface area contributed by atoms with Crippen LogP contribution in [0.2, 0.25) is 5.02 Å². The van der Waals surface area contributed by atoms with Gasteiger partial charge < -0.3 is 14.4 Å². The maximum atomic E-state index is 13.3. The Labute approximate surface area is 203 Å². The van der Waals surface area contributed by atoms with Gasteiger partial charge in [-0.1, -0.05) is 18.5 Å². The van der Waals surface area contributed by atoms with Gasteiger partial charge in [0.15, 0.2) is 5.82 Å². The molecule has 0 radical (unpaired) electrons. The Morgan fingerprint density at radius 3 is 2.74 bits per heavy atom. The minimum Gasteiger partial charge on any atom is -0.370 e. The lowest BCUT2D eigenvalue weighted by atomic mass is 9.85. The number of benzene rings is 1. The smallest absolute Gasteiger partial charge is 0.370 e. The summed E-state index contributed by atoms with van der Waals surface area (Å²) in [5.41, 5.74) is 1.92. The van der Waals surface area contributed by atoms with Crippen LogP contribution in [0.5, 0.6) is 0 Å². The Hall–Kier alpha value is -3.39. The number of carbonyl (C=O) groups excluding carboxylic acids is 1. The lowest BCUT2D eigenvalue weighted by Crippen LogP contribution is -2.49. The van der Waals surface area contributed by atoms with E-state index in [1.54, 1.807) is 29.3 Å². The van der Waals surface area contributed by atoms with Crippen LogP contribution in [0.3, 0.4) is 0 Å². The summed E-state index contributed by atoms with van der Waals surface area (Å²) in [6.45, 7) is 3.24. The zero-order valence-electron chi connectivity index (χ0n) is 18.8. The number of nitrogens with zero attached hydrogens (tertiary/aromatic N) is 7. The van der Waals surface area contributed by atoms with Gasteiger partial charge in [0, 0.05) is 48.7 Å². The number of nitriles is 1. The molecule has 0 N–H and O–H groups in total. The van der Waals surface area contributed by atoms with Gasteiger partial charge in [-0.05, 0) is 30.5 Å². The van der Waals surface area contributed by atoms with E-state index in [1.807, 2.05) is 6.92 Å². The molecular weight excluding hydrogens is 483 g/mol. The molecule has 5 rings (SSSR count). The average molecular weight is 504 g/mol. The van der Waals surface area contributed by atoms with E-state index in [2.05, 4.69) is 26.2 Å². The number of aromatic nitrogens is 4. The van der Waals surface area contributed by atoms with Crippen LogP contribution in [-0.4, -0.2) is 50.2 Å². The summed E-state index contributed by atoms with van der Waals surface area (Å²) >= 11 is 6.21. The lowest BCUT2D eigenvalue weighted by Gasteiger charge is -2.40. The molecule has 3 aromatic rings. The lowest BCUT2D eigenvalue weighted by molar-refractivity contribution is -0.148. The molecule has 12 heteroatoms. The molecule has 2 atom stereocenters. The van der Waals surface area contributed by atoms with E-state index in [0.717, 1.165) is 21.2 Å². The molecule has 0 spiro atoms. The molecule has 2 aliphatic rings. The summed E-state index contributed by atoms with van der Waals surface area (Å²) in [4.78, 5) is 21.4. The summed E-state index contributed by atoms with van der Waals surface area (Å²) in [6.07, 6.45) is -2.48. The van der Waals surface area contributed by atoms with Gasteiger partial charge in [0.1, 0.15) is 6.07 Å². The number of amides is 1. The molecule has 2 aromatic heterocycles. The SMILES string of the molecule is C[C@@H]1CN(c2c(C#N)cnc3ccc(Cl)cc23)CC[C@@H]1C(=O)N1CCn2c(nnc2C(F)(F)F)C1. The molecule has 182 valence electrons.